The van der Waals surface area contributed by atoms with Gasteiger partial charge in [-0.25, -0.2) is 0 Å². The van der Waals surface area contributed by atoms with E-state index >= 15 is 0 Å². The number of carbonyl (C=O) groups excluding carboxylic acids is 1. The molecular formula is C12H11ClN2O. The quantitative estimate of drug-likeness (QED) is 0.823. The molecule has 0 aliphatic heterocycles. The predicted molar refractivity (Wildman–Crippen MR) is 64.9 cm³/mol. The smallest absolute Gasteiger partial charge is 0.257 e. The molecule has 3 nitrogen and oxygen atoms in total. The molecule has 0 radical (unpaired) electrons. The number of aromatic nitrogens is 1. The molecule has 2 aromatic rings. The molecule has 0 aliphatic rings. The van der Waals surface area contributed by atoms with Crippen LogP contribution >= 0.6 is 11.6 Å². The second-order valence-electron chi connectivity index (χ2n) is 3.48. The van der Waals surface area contributed by atoms with Gasteiger partial charge in [0.2, 0.25) is 0 Å². The number of benzene rings is 1. The number of halogens is 1. The first kappa shape index (κ1) is 10.8. The highest BCUT2D eigenvalue weighted by Crippen LogP contribution is 2.15. The van der Waals surface area contributed by atoms with Crippen molar-refractivity contribution in [2.45, 2.75) is 6.92 Å². The van der Waals surface area contributed by atoms with Crippen molar-refractivity contribution in [2.24, 2.45) is 0 Å². The maximum atomic E-state index is 11.8. The molecule has 2 rings (SSSR count). The molecule has 0 bridgehead atoms. The summed E-state index contributed by atoms with van der Waals surface area (Å²) >= 11 is 5.76. The zero-order valence-corrected chi connectivity index (χ0v) is 9.51. The third kappa shape index (κ3) is 2.25. The lowest BCUT2D eigenvalue weighted by molar-refractivity contribution is 0.102. The zero-order chi connectivity index (χ0) is 11.5. The molecule has 1 aromatic heterocycles. The van der Waals surface area contributed by atoms with Gasteiger partial charge in [0.25, 0.3) is 5.91 Å². The summed E-state index contributed by atoms with van der Waals surface area (Å²) in [7, 11) is 0. The standard InChI is InChI=1S/C12H11ClN2O/c1-8-11(6-7-14-8)12(16)15-10-4-2-9(13)3-5-10/h2-7,14H,1H3,(H,15,16). The Morgan fingerprint density at radius 3 is 2.50 bits per heavy atom. The Balaban J connectivity index is 2.14. The van der Waals surface area contributed by atoms with Crippen LogP contribution in [-0.2, 0) is 0 Å². The van der Waals surface area contributed by atoms with Crippen molar-refractivity contribution in [1.29, 1.82) is 0 Å². The lowest BCUT2D eigenvalue weighted by Gasteiger charge is -2.04. The molecule has 0 fully saturated rings. The fourth-order valence-corrected chi connectivity index (χ4v) is 1.56. The number of amides is 1. The van der Waals surface area contributed by atoms with Crippen molar-refractivity contribution in [2.75, 3.05) is 5.32 Å². The topological polar surface area (TPSA) is 44.9 Å². The molecular weight excluding hydrogens is 224 g/mol. The second kappa shape index (κ2) is 4.41. The SMILES string of the molecule is Cc1[nH]ccc1C(=O)Nc1ccc(Cl)cc1. The highest BCUT2D eigenvalue weighted by atomic mass is 35.5. The lowest BCUT2D eigenvalue weighted by atomic mass is 10.2. The summed E-state index contributed by atoms with van der Waals surface area (Å²) < 4.78 is 0. The van der Waals surface area contributed by atoms with Gasteiger partial charge >= 0.3 is 0 Å². The van der Waals surface area contributed by atoms with Crippen LogP contribution in [0.1, 0.15) is 16.1 Å². The third-order valence-corrected chi connectivity index (χ3v) is 2.55. The van der Waals surface area contributed by atoms with Crippen LogP contribution in [0.25, 0.3) is 0 Å². The largest absolute Gasteiger partial charge is 0.365 e. The maximum absolute atomic E-state index is 11.8. The molecule has 0 unspecified atom stereocenters. The Morgan fingerprint density at radius 1 is 1.25 bits per heavy atom. The molecule has 1 heterocycles. The normalized spacial score (nSPS) is 10.1. The highest BCUT2D eigenvalue weighted by molar-refractivity contribution is 6.30. The first-order chi connectivity index (χ1) is 7.66. The van der Waals surface area contributed by atoms with Gasteiger partial charge in [-0.3, -0.25) is 4.79 Å². The molecule has 4 heteroatoms. The van der Waals surface area contributed by atoms with Crippen molar-refractivity contribution in [1.82, 2.24) is 4.98 Å². The summed E-state index contributed by atoms with van der Waals surface area (Å²) in [6.45, 7) is 1.86. The zero-order valence-electron chi connectivity index (χ0n) is 8.75. The molecule has 2 N–H and O–H groups in total. The van der Waals surface area contributed by atoms with Crippen molar-refractivity contribution in [3.63, 3.8) is 0 Å². The van der Waals surface area contributed by atoms with E-state index in [4.69, 9.17) is 11.6 Å². The average Bonchev–Trinajstić information content (AvgIpc) is 2.68. The van der Waals surface area contributed by atoms with Gasteiger partial charge in [-0.2, -0.15) is 0 Å². The van der Waals surface area contributed by atoms with E-state index < -0.39 is 0 Å². The van der Waals surface area contributed by atoms with Gasteiger partial charge in [0.05, 0.1) is 5.56 Å². The van der Waals surface area contributed by atoms with Crippen molar-refractivity contribution in [3.8, 4) is 0 Å². The lowest BCUT2D eigenvalue weighted by Crippen LogP contribution is -2.12. The van der Waals surface area contributed by atoms with E-state index in [-0.39, 0.29) is 5.91 Å². The average molecular weight is 235 g/mol. The monoisotopic (exact) mass is 234 g/mol. The molecule has 1 aromatic carbocycles. The van der Waals surface area contributed by atoms with Crippen LogP contribution in [0.3, 0.4) is 0 Å². The minimum absolute atomic E-state index is 0.124. The number of hydrogen-bond acceptors (Lipinski definition) is 1. The van der Waals surface area contributed by atoms with Crippen LogP contribution in [0.2, 0.25) is 5.02 Å². The maximum Gasteiger partial charge on any atom is 0.257 e. The Labute approximate surface area is 98.4 Å². The van der Waals surface area contributed by atoms with Crippen LogP contribution < -0.4 is 5.32 Å². The van der Waals surface area contributed by atoms with Gasteiger partial charge in [-0.15, -0.1) is 0 Å². The van der Waals surface area contributed by atoms with Gasteiger partial charge in [-0.05, 0) is 37.3 Å². The van der Waals surface area contributed by atoms with Gasteiger partial charge in [-0.1, -0.05) is 11.6 Å². The van der Waals surface area contributed by atoms with E-state index in [1.807, 2.05) is 6.92 Å². The molecule has 0 saturated heterocycles. The summed E-state index contributed by atoms with van der Waals surface area (Å²) in [5.41, 5.74) is 2.23. The molecule has 0 spiro atoms. The van der Waals surface area contributed by atoms with Gasteiger partial charge in [0.15, 0.2) is 0 Å². The summed E-state index contributed by atoms with van der Waals surface area (Å²) in [6.07, 6.45) is 1.74. The van der Waals surface area contributed by atoms with E-state index in [0.29, 0.717) is 10.6 Å². The van der Waals surface area contributed by atoms with E-state index in [1.54, 1.807) is 36.5 Å². The van der Waals surface area contributed by atoms with Crippen molar-refractivity contribution >= 4 is 23.2 Å². The van der Waals surface area contributed by atoms with Crippen LogP contribution in [0.5, 0.6) is 0 Å². The van der Waals surface area contributed by atoms with Gasteiger partial charge < -0.3 is 10.3 Å². The minimum Gasteiger partial charge on any atom is -0.365 e. The number of rotatable bonds is 2. The first-order valence-electron chi connectivity index (χ1n) is 4.88. The molecule has 0 aliphatic carbocycles. The summed E-state index contributed by atoms with van der Waals surface area (Å²) in [5.74, 6) is -0.124. The predicted octanol–water partition coefficient (Wildman–Crippen LogP) is 3.23. The first-order valence-corrected chi connectivity index (χ1v) is 5.25. The molecule has 82 valence electrons. The van der Waals surface area contributed by atoms with Crippen LogP contribution in [0, 0.1) is 6.92 Å². The molecule has 1 amide bonds. The molecule has 16 heavy (non-hydrogen) atoms. The highest BCUT2D eigenvalue weighted by Gasteiger charge is 2.09. The van der Waals surface area contributed by atoms with E-state index in [2.05, 4.69) is 10.3 Å². The van der Waals surface area contributed by atoms with E-state index in [9.17, 15) is 4.79 Å². The third-order valence-electron chi connectivity index (χ3n) is 2.30. The second-order valence-corrected chi connectivity index (χ2v) is 3.91. The number of carbonyl (C=O) groups is 1. The molecule has 0 saturated carbocycles. The fraction of sp³-hybridized carbons (Fsp3) is 0.0833. The number of anilines is 1. The van der Waals surface area contributed by atoms with Crippen LogP contribution in [0.15, 0.2) is 36.5 Å². The van der Waals surface area contributed by atoms with Crippen LogP contribution in [-0.4, -0.2) is 10.9 Å². The number of hydrogen-bond donors (Lipinski definition) is 2. The number of nitrogens with one attached hydrogen (secondary N) is 2. The van der Waals surface area contributed by atoms with E-state index in [1.165, 1.54) is 0 Å². The Kier molecular flexibility index (Phi) is 2.97. The van der Waals surface area contributed by atoms with Gasteiger partial charge in [0, 0.05) is 22.6 Å². The summed E-state index contributed by atoms with van der Waals surface area (Å²) in [6, 6.07) is 8.76. The number of H-pyrrole nitrogens is 1. The van der Waals surface area contributed by atoms with Crippen molar-refractivity contribution in [3.05, 3.63) is 52.8 Å². The number of aryl methyl sites for hydroxylation is 1. The summed E-state index contributed by atoms with van der Waals surface area (Å²) in [5, 5.41) is 3.44. The van der Waals surface area contributed by atoms with Gasteiger partial charge in [0.1, 0.15) is 0 Å². The molecule has 0 atom stereocenters. The Hall–Kier alpha value is -1.74. The summed E-state index contributed by atoms with van der Waals surface area (Å²) in [4.78, 5) is 14.8. The minimum atomic E-state index is -0.124. The van der Waals surface area contributed by atoms with E-state index in [0.717, 1.165) is 11.4 Å². The van der Waals surface area contributed by atoms with Crippen molar-refractivity contribution < 1.29 is 4.79 Å². The number of aromatic amines is 1. The Morgan fingerprint density at radius 2 is 1.94 bits per heavy atom. The van der Waals surface area contributed by atoms with Crippen LogP contribution in [0.4, 0.5) is 5.69 Å². The fourth-order valence-electron chi connectivity index (χ4n) is 1.43. The Bertz CT molecular complexity index is 502.